The normalized spacial score (nSPS) is 29.4. The second kappa shape index (κ2) is 8.58. The van der Waals surface area contributed by atoms with Crippen LogP contribution in [-0.4, -0.2) is 29.0 Å². The monoisotopic (exact) mass is 410 g/mol. The van der Waals surface area contributed by atoms with E-state index in [0.29, 0.717) is 5.71 Å². The summed E-state index contributed by atoms with van der Waals surface area (Å²) in [5.41, 5.74) is 3.58. The molecule has 0 aromatic heterocycles. The Balaban J connectivity index is 1.22. The van der Waals surface area contributed by atoms with Gasteiger partial charge in [0, 0.05) is 17.8 Å². The molecule has 1 aromatic rings. The zero-order valence-corrected chi connectivity index (χ0v) is 17.4. The second-order valence-electron chi connectivity index (χ2n) is 9.38. The molecule has 0 atom stereocenters. The zero-order chi connectivity index (χ0) is 21.1. The lowest BCUT2D eigenvalue weighted by atomic mass is 9.53. The van der Waals surface area contributed by atoms with Gasteiger partial charge >= 0.3 is 11.8 Å². The number of hydrogen-bond acceptors (Lipinski definition) is 4. The van der Waals surface area contributed by atoms with Crippen molar-refractivity contribution >= 4 is 23.4 Å². The Morgan fingerprint density at radius 1 is 0.967 bits per heavy atom. The summed E-state index contributed by atoms with van der Waals surface area (Å²) >= 11 is 0. The summed E-state index contributed by atoms with van der Waals surface area (Å²) in [6.45, 7) is 1.95. The van der Waals surface area contributed by atoms with E-state index in [0.717, 1.165) is 42.6 Å². The molecule has 4 fully saturated rings. The molecule has 0 aliphatic heterocycles. The third-order valence-corrected chi connectivity index (χ3v) is 6.71. The number of carbonyl (C=O) groups excluding carboxylic acids is 3. The van der Waals surface area contributed by atoms with Gasteiger partial charge in [0.2, 0.25) is 5.91 Å². The number of rotatable bonds is 6. The van der Waals surface area contributed by atoms with E-state index in [1.807, 2.05) is 30.3 Å². The molecule has 3 N–H and O–H groups in total. The maximum atomic E-state index is 12.6. The number of hydrogen-bond donors (Lipinski definition) is 3. The molecule has 4 bridgehead atoms. The van der Waals surface area contributed by atoms with Crippen LogP contribution in [0.3, 0.4) is 0 Å². The molecule has 4 saturated carbocycles. The van der Waals surface area contributed by atoms with Crippen molar-refractivity contribution in [3.8, 4) is 0 Å². The lowest BCUT2D eigenvalue weighted by Crippen LogP contribution is -2.60. The molecule has 7 nitrogen and oxygen atoms in total. The SMILES string of the molecule is C/C(CC(=O)NC12CC3CC(CC(C3)C1)C2)=N\NC(=O)C(=O)NCc1ccccc1. The number of nitrogens with one attached hydrogen (secondary N) is 3. The van der Waals surface area contributed by atoms with Crippen molar-refractivity contribution in [3.63, 3.8) is 0 Å². The highest BCUT2D eigenvalue weighted by Crippen LogP contribution is 2.55. The Kier molecular flexibility index (Phi) is 5.88. The van der Waals surface area contributed by atoms with E-state index in [2.05, 4.69) is 21.2 Å². The van der Waals surface area contributed by atoms with E-state index in [-0.39, 0.29) is 24.4 Å². The molecule has 4 aliphatic rings. The lowest BCUT2D eigenvalue weighted by Gasteiger charge is -2.56. The number of hydrazone groups is 1. The van der Waals surface area contributed by atoms with Gasteiger partial charge in [-0.1, -0.05) is 30.3 Å². The van der Waals surface area contributed by atoms with E-state index in [1.165, 1.54) is 19.3 Å². The van der Waals surface area contributed by atoms with Crippen LogP contribution in [0, 0.1) is 17.8 Å². The van der Waals surface area contributed by atoms with Crippen LogP contribution in [-0.2, 0) is 20.9 Å². The Hall–Kier alpha value is -2.70. The van der Waals surface area contributed by atoms with Crippen LogP contribution in [0.1, 0.15) is 57.4 Å². The number of benzene rings is 1. The first-order valence-electron chi connectivity index (χ1n) is 10.9. The highest BCUT2D eigenvalue weighted by atomic mass is 16.2. The number of nitrogens with zero attached hydrogens (tertiary/aromatic N) is 1. The van der Waals surface area contributed by atoms with E-state index in [1.54, 1.807) is 6.92 Å². The predicted molar refractivity (Wildman–Crippen MR) is 113 cm³/mol. The van der Waals surface area contributed by atoms with E-state index >= 15 is 0 Å². The van der Waals surface area contributed by atoms with Crippen molar-refractivity contribution < 1.29 is 14.4 Å². The van der Waals surface area contributed by atoms with Crippen LogP contribution in [0.25, 0.3) is 0 Å². The summed E-state index contributed by atoms with van der Waals surface area (Å²) in [7, 11) is 0. The Bertz CT molecular complexity index is 814. The summed E-state index contributed by atoms with van der Waals surface area (Å²) in [5.74, 6) is 0.640. The average Bonchev–Trinajstić information content (AvgIpc) is 2.69. The fourth-order valence-electron chi connectivity index (χ4n) is 5.93. The average molecular weight is 411 g/mol. The fraction of sp³-hybridized carbons (Fsp3) is 0.565. The molecule has 160 valence electrons. The van der Waals surface area contributed by atoms with Crippen molar-refractivity contribution in [1.82, 2.24) is 16.1 Å². The minimum Gasteiger partial charge on any atom is -0.350 e. The Morgan fingerprint density at radius 3 is 2.17 bits per heavy atom. The largest absolute Gasteiger partial charge is 0.350 e. The molecular formula is C23H30N4O3. The van der Waals surface area contributed by atoms with Gasteiger partial charge in [0.25, 0.3) is 0 Å². The summed E-state index contributed by atoms with van der Waals surface area (Å²) in [5, 5.41) is 9.77. The van der Waals surface area contributed by atoms with Crippen LogP contribution < -0.4 is 16.1 Å². The molecule has 5 rings (SSSR count). The summed E-state index contributed by atoms with van der Waals surface area (Å²) < 4.78 is 0. The van der Waals surface area contributed by atoms with Crippen LogP contribution in [0.15, 0.2) is 35.4 Å². The number of carbonyl (C=O) groups is 3. The number of amides is 3. The van der Waals surface area contributed by atoms with Gasteiger partial charge in [-0.05, 0) is 68.8 Å². The molecule has 0 radical (unpaired) electrons. The van der Waals surface area contributed by atoms with Gasteiger partial charge in [0.15, 0.2) is 0 Å². The molecular weight excluding hydrogens is 380 g/mol. The molecule has 0 saturated heterocycles. The van der Waals surface area contributed by atoms with Gasteiger partial charge in [0.05, 0.1) is 6.42 Å². The highest BCUT2D eigenvalue weighted by Gasteiger charge is 2.51. The Labute approximate surface area is 177 Å². The first-order valence-corrected chi connectivity index (χ1v) is 10.9. The topological polar surface area (TPSA) is 99.7 Å². The third kappa shape index (κ3) is 4.89. The van der Waals surface area contributed by atoms with Gasteiger partial charge < -0.3 is 10.6 Å². The van der Waals surface area contributed by atoms with Crippen molar-refractivity contribution in [1.29, 1.82) is 0 Å². The van der Waals surface area contributed by atoms with Crippen LogP contribution in [0.4, 0.5) is 0 Å². The summed E-state index contributed by atoms with van der Waals surface area (Å²) in [6.07, 6.45) is 7.39. The van der Waals surface area contributed by atoms with Gasteiger partial charge in [-0.25, -0.2) is 5.43 Å². The molecule has 1 aromatic carbocycles. The van der Waals surface area contributed by atoms with Crippen molar-refractivity contribution in [2.24, 2.45) is 22.9 Å². The zero-order valence-electron chi connectivity index (χ0n) is 17.4. The first kappa shape index (κ1) is 20.6. The predicted octanol–water partition coefficient (Wildman–Crippen LogP) is 2.27. The molecule has 0 heterocycles. The lowest BCUT2D eigenvalue weighted by molar-refractivity contribution is -0.139. The minimum absolute atomic E-state index is 0.0350. The van der Waals surface area contributed by atoms with E-state index < -0.39 is 11.8 Å². The Morgan fingerprint density at radius 2 is 1.57 bits per heavy atom. The smallest absolute Gasteiger partial charge is 0.329 e. The van der Waals surface area contributed by atoms with E-state index in [9.17, 15) is 14.4 Å². The van der Waals surface area contributed by atoms with Crippen LogP contribution in [0.5, 0.6) is 0 Å². The molecule has 0 unspecified atom stereocenters. The second-order valence-corrected chi connectivity index (χ2v) is 9.38. The maximum Gasteiger partial charge on any atom is 0.329 e. The standard InChI is InChI=1S/C23H30N4O3/c1-15(26-27-22(30)21(29)24-14-16-5-3-2-4-6-16)7-20(28)25-23-11-17-8-18(12-23)10-19(9-17)13-23/h2-6,17-19H,7-14H2,1H3,(H,24,29)(H,25,28)(H,27,30)/b26-15+. The molecule has 30 heavy (non-hydrogen) atoms. The van der Waals surface area contributed by atoms with Gasteiger partial charge in [-0.15, -0.1) is 0 Å². The fourth-order valence-corrected chi connectivity index (χ4v) is 5.93. The van der Waals surface area contributed by atoms with Gasteiger partial charge in [-0.3, -0.25) is 14.4 Å². The van der Waals surface area contributed by atoms with Crippen molar-refractivity contribution in [2.75, 3.05) is 0 Å². The van der Waals surface area contributed by atoms with Crippen LogP contribution >= 0.6 is 0 Å². The minimum atomic E-state index is -0.841. The van der Waals surface area contributed by atoms with Gasteiger partial charge in [0.1, 0.15) is 0 Å². The highest BCUT2D eigenvalue weighted by molar-refractivity contribution is 6.35. The summed E-state index contributed by atoms with van der Waals surface area (Å²) in [4.78, 5) is 36.4. The molecule has 0 spiro atoms. The van der Waals surface area contributed by atoms with Crippen molar-refractivity contribution in [3.05, 3.63) is 35.9 Å². The maximum absolute atomic E-state index is 12.6. The van der Waals surface area contributed by atoms with Gasteiger partial charge in [-0.2, -0.15) is 5.10 Å². The quantitative estimate of drug-likeness (QED) is 0.381. The summed E-state index contributed by atoms with van der Waals surface area (Å²) in [6, 6.07) is 9.34. The first-order chi connectivity index (χ1) is 14.4. The molecule has 3 amide bonds. The van der Waals surface area contributed by atoms with E-state index in [4.69, 9.17) is 0 Å². The van der Waals surface area contributed by atoms with Crippen molar-refractivity contribution in [2.45, 2.75) is 64.0 Å². The molecule has 4 aliphatic carbocycles. The third-order valence-electron chi connectivity index (χ3n) is 6.71. The molecule has 7 heteroatoms. The van der Waals surface area contributed by atoms with Crippen LogP contribution in [0.2, 0.25) is 0 Å².